The van der Waals surface area contributed by atoms with Gasteiger partial charge in [0.1, 0.15) is 11.7 Å². The lowest BCUT2D eigenvalue weighted by molar-refractivity contribution is -0.151. The Hall–Kier alpha value is -2.81. The van der Waals surface area contributed by atoms with Crippen molar-refractivity contribution in [1.82, 2.24) is 9.80 Å². The third kappa shape index (κ3) is 13.3. The standard InChI is InChI=1S/C38H62N2O11/c1-8-29(42)27(4)35-30(49-35)24-37(5,47)16-9-11-25(2)34-26(3)13-14-31(38(6,48-7)17-15-28(41)23-33(45)51-34)50-36(46)40-21-19-39(20-22-40)18-10-12-32(43)44/h9,11,13-14,16,26-31,34-35,41-42,47H,8,10,12,15,17-24H2,1-7H3,(H,43,44)/b14-13+,16-9+,25-11+/t26-,27+,28-,29+,30+,31-,34+,35+,37?,38-/m0/s1. The van der Waals surface area contributed by atoms with Crippen molar-refractivity contribution in [1.29, 1.82) is 0 Å². The van der Waals surface area contributed by atoms with Crippen molar-refractivity contribution >= 4 is 18.0 Å². The lowest BCUT2D eigenvalue weighted by Gasteiger charge is -2.38. The summed E-state index contributed by atoms with van der Waals surface area (Å²) in [6, 6.07) is 0. The number of amides is 1. The second-order valence-corrected chi connectivity index (χ2v) is 15.0. The number of nitrogens with zero attached hydrogens (tertiary/aromatic N) is 2. The van der Waals surface area contributed by atoms with Crippen molar-refractivity contribution < 1.29 is 53.8 Å². The van der Waals surface area contributed by atoms with Crippen LogP contribution < -0.4 is 0 Å². The van der Waals surface area contributed by atoms with E-state index in [9.17, 15) is 29.7 Å². The Kier molecular flexibility index (Phi) is 16.1. The summed E-state index contributed by atoms with van der Waals surface area (Å²) >= 11 is 0. The molecule has 0 radical (unpaired) electrons. The number of cyclic esters (lactones) is 1. The number of hydrogen-bond acceptors (Lipinski definition) is 11. The quantitative estimate of drug-likeness (QED) is 0.0883. The number of ether oxygens (including phenoxy) is 4. The van der Waals surface area contributed by atoms with E-state index >= 15 is 0 Å². The highest BCUT2D eigenvalue weighted by Crippen LogP contribution is 2.37. The first-order valence-electron chi connectivity index (χ1n) is 18.4. The van der Waals surface area contributed by atoms with Gasteiger partial charge in [-0.25, -0.2) is 4.79 Å². The van der Waals surface area contributed by atoms with Gasteiger partial charge in [0.25, 0.3) is 0 Å². The van der Waals surface area contributed by atoms with Gasteiger partial charge >= 0.3 is 18.0 Å². The van der Waals surface area contributed by atoms with Crippen LogP contribution in [0.1, 0.15) is 86.5 Å². The highest BCUT2D eigenvalue weighted by Gasteiger charge is 2.47. The minimum Gasteiger partial charge on any atom is -0.481 e. The number of hydrogen-bond donors (Lipinski definition) is 4. The maximum Gasteiger partial charge on any atom is 0.410 e. The predicted molar refractivity (Wildman–Crippen MR) is 191 cm³/mol. The van der Waals surface area contributed by atoms with Crippen LogP contribution >= 0.6 is 0 Å². The van der Waals surface area contributed by atoms with E-state index in [1.165, 1.54) is 7.11 Å². The molecule has 0 aliphatic carbocycles. The number of esters is 1. The number of carboxylic acid groups (broad SMARTS) is 1. The predicted octanol–water partition coefficient (Wildman–Crippen LogP) is 3.85. The van der Waals surface area contributed by atoms with Crippen LogP contribution in [0.25, 0.3) is 0 Å². The highest BCUT2D eigenvalue weighted by molar-refractivity contribution is 5.70. The molecular formula is C38H62N2O11. The zero-order valence-corrected chi connectivity index (χ0v) is 31.5. The van der Waals surface area contributed by atoms with Crippen LogP contribution in [0.3, 0.4) is 0 Å². The molecule has 13 heteroatoms. The topological polar surface area (TPSA) is 179 Å². The third-order valence-corrected chi connectivity index (χ3v) is 10.5. The lowest BCUT2D eigenvalue weighted by Crippen LogP contribution is -2.51. The molecule has 10 atom stereocenters. The Morgan fingerprint density at radius 1 is 1.22 bits per heavy atom. The molecule has 0 aromatic heterocycles. The molecule has 290 valence electrons. The van der Waals surface area contributed by atoms with Gasteiger partial charge in [0, 0.05) is 58.0 Å². The van der Waals surface area contributed by atoms with Gasteiger partial charge in [0.15, 0.2) is 6.10 Å². The van der Waals surface area contributed by atoms with Crippen molar-refractivity contribution in [2.45, 2.75) is 134 Å². The van der Waals surface area contributed by atoms with Gasteiger partial charge in [-0.3, -0.25) is 14.5 Å². The monoisotopic (exact) mass is 722 g/mol. The van der Waals surface area contributed by atoms with Gasteiger partial charge < -0.3 is 44.3 Å². The number of rotatable bonds is 14. The summed E-state index contributed by atoms with van der Waals surface area (Å²) in [5, 5.41) is 40.9. The normalized spacial score (nSPS) is 32.9. The molecule has 3 aliphatic heterocycles. The van der Waals surface area contributed by atoms with Crippen LogP contribution in [0.5, 0.6) is 0 Å². The molecule has 0 saturated carbocycles. The number of epoxide rings is 1. The van der Waals surface area contributed by atoms with Crippen LogP contribution in [-0.2, 0) is 28.5 Å². The molecule has 0 spiro atoms. The Morgan fingerprint density at radius 3 is 2.53 bits per heavy atom. The average molecular weight is 723 g/mol. The number of allylic oxidation sites excluding steroid dienone is 2. The maximum absolute atomic E-state index is 13.4. The first-order chi connectivity index (χ1) is 24.0. The van der Waals surface area contributed by atoms with E-state index in [0.29, 0.717) is 64.0 Å². The van der Waals surface area contributed by atoms with E-state index in [-0.39, 0.29) is 43.3 Å². The number of aliphatic carboxylic acids is 1. The molecule has 3 aliphatic rings. The first-order valence-corrected chi connectivity index (χ1v) is 18.4. The summed E-state index contributed by atoms with van der Waals surface area (Å²) in [5.41, 5.74) is -1.45. The zero-order valence-electron chi connectivity index (χ0n) is 31.5. The van der Waals surface area contributed by atoms with E-state index in [0.717, 1.165) is 0 Å². The fourth-order valence-corrected chi connectivity index (χ4v) is 6.80. The van der Waals surface area contributed by atoms with Crippen molar-refractivity contribution in [3.05, 3.63) is 36.0 Å². The smallest absolute Gasteiger partial charge is 0.410 e. The Balaban J connectivity index is 1.73. The summed E-state index contributed by atoms with van der Waals surface area (Å²) in [7, 11) is 1.53. The SMILES string of the molecule is CC[C@@H](O)[C@@H](C)[C@H]1O[C@@H]1CC(C)(O)/C=C/C=C(\C)[C@H]1OC(=O)C[C@@H](O)CC[C@](C)(OC)[C@@H](OC(=O)N2CCN(CCCC(=O)O)CC2)/C=C/[C@@H]1C. The van der Waals surface area contributed by atoms with Gasteiger partial charge in [-0.05, 0) is 64.6 Å². The van der Waals surface area contributed by atoms with Crippen LogP contribution in [0.4, 0.5) is 4.79 Å². The van der Waals surface area contributed by atoms with Crippen LogP contribution in [0, 0.1) is 11.8 Å². The number of methoxy groups -OCH3 is 1. The molecule has 1 amide bonds. The molecule has 0 bridgehead atoms. The zero-order chi connectivity index (χ0) is 37.9. The molecule has 0 aromatic rings. The van der Waals surface area contributed by atoms with E-state index in [4.69, 9.17) is 24.1 Å². The summed E-state index contributed by atoms with van der Waals surface area (Å²) in [4.78, 5) is 41.0. The minimum absolute atomic E-state index is 0.0190. The average Bonchev–Trinajstić information content (AvgIpc) is 3.84. The molecule has 3 rings (SSSR count). The largest absolute Gasteiger partial charge is 0.481 e. The molecule has 2 saturated heterocycles. The van der Waals surface area contributed by atoms with E-state index in [1.807, 2.05) is 40.7 Å². The number of carboxylic acids is 1. The van der Waals surface area contributed by atoms with E-state index in [1.54, 1.807) is 36.1 Å². The van der Waals surface area contributed by atoms with Crippen molar-refractivity contribution in [3.8, 4) is 0 Å². The Labute approximate surface area is 303 Å². The third-order valence-electron chi connectivity index (χ3n) is 10.5. The number of aliphatic hydroxyl groups excluding tert-OH is 2. The molecule has 4 N–H and O–H groups in total. The second kappa shape index (κ2) is 19.3. The lowest BCUT2D eigenvalue weighted by atomic mass is 9.88. The summed E-state index contributed by atoms with van der Waals surface area (Å²) in [5.74, 6) is -1.74. The van der Waals surface area contributed by atoms with Gasteiger partial charge in [0.05, 0.1) is 36.4 Å². The van der Waals surface area contributed by atoms with E-state index < -0.39 is 53.6 Å². The van der Waals surface area contributed by atoms with Gasteiger partial charge in [0.2, 0.25) is 0 Å². The van der Waals surface area contributed by atoms with Crippen LogP contribution in [-0.4, -0.2) is 136 Å². The Bertz CT molecular complexity index is 1240. The molecule has 0 aromatic carbocycles. The van der Waals surface area contributed by atoms with Gasteiger partial charge in [-0.1, -0.05) is 45.1 Å². The highest BCUT2D eigenvalue weighted by atomic mass is 16.6. The number of carbonyl (C=O) groups is 3. The Morgan fingerprint density at radius 2 is 1.90 bits per heavy atom. The maximum atomic E-state index is 13.4. The fourth-order valence-electron chi connectivity index (χ4n) is 6.80. The van der Waals surface area contributed by atoms with Crippen molar-refractivity contribution in [2.75, 3.05) is 39.8 Å². The van der Waals surface area contributed by atoms with Crippen molar-refractivity contribution in [3.63, 3.8) is 0 Å². The molecule has 1 unspecified atom stereocenters. The summed E-state index contributed by atoms with van der Waals surface area (Å²) in [6.45, 7) is 13.9. The van der Waals surface area contributed by atoms with Crippen molar-refractivity contribution in [2.24, 2.45) is 11.8 Å². The van der Waals surface area contributed by atoms with E-state index in [2.05, 4.69) is 4.90 Å². The number of carbonyl (C=O) groups excluding carboxylic acids is 2. The van der Waals surface area contributed by atoms with Gasteiger partial charge in [-0.15, -0.1) is 0 Å². The first kappa shape index (κ1) is 42.6. The second-order valence-electron chi connectivity index (χ2n) is 15.0. The molecule has 2 fully saturated rings. The number of aliphatic hydroxyl groups is 3. The fraction of sp³-hybridized carbons (Fsp3) is 0.763. The molecule has 13 nitrogen and oxygen atoms in total. The van der Waals surface area contributed by atoms with Gasteiger partial charge in [-0.2, -0.15) is 0 Å². The molecule has 51 heavy (non-hydrogen) atoms. The van der Waals surface area contributed by atoms with Crippen LogP contribution in [0.2, 0.25) is 0 Å². The summed E-state index contributed by atoms with van der Waals surface area (Å²) < 4.78 is 23.6. The molecule has 3 heterocycles. The van der Waals surface area contributed by atoms with Crippen LogP contribution in [0.15, 0.2) is 36.0 Å². The minimum atomic E-state index is -1.17. The summed E-state index contributed by atoms with van der Waals surface area (Å²) in [6.07, 6.45) is 7.08. The number of piperazine rings is 1. The molecular weight excluding hydrogens is 660 g/mol.